The van der Waals surface area contributed by atoms with E-state index in [0.29, 0.717) is 4.90 Å². The number of benzene rings is 2. The van der Waals surface area contributed by atoms with E-state index in [1.54, 1.807) is 30.3 Å². The number of halogens is 2. The highest BCUT2D eigenvalue weighted by Gasteiger charge is 2.21. The van der Waals surface area contributed by atoms with Gasteiger partial charge < -0.3 is 11.1 Å². The van der Waals surface area contributed by atoms with E-state index in [9.17, 15) is 22.6 Å². The average Bonchev–Trinajstić information content (AvgIpc) is 2.60. The van der Waals surface area contributed by atoms with Crippen molar-refractivity contribution in [3.8, 4) is 0 Å². The summed E-state index contributed by atoms with van der Waals surface area (Å²) in [5, 5.41) is 2.35. The van der Waals surface area contributed by atoms with E-state index in [4.69, 9.17) is 5.73 Å². The molecule has 0 aromatic heterocycles. The van der Waals surface area contributed by atoms with Crippen molar-refractivity contribution < 1.29 is 22.6 Å². The van der Waals surface area contributed by atoms with Crippen molar-refractivity contribution in [1.29, 1.82) is 0 Å². The topological polar surface area (TPSA) is 89.3 Å². The third-order valence-electron chi connectivity index (χ3n) is 3.43. The Bertz CT molecular complexity index is 800. The molecule has 8 heteroatoms. The van der Waals surface area contributed by atoms with Crippen LogP contribution in [-0.2, 0) is 15.6 Å². The van der Waals surface area contributed by atoms with Crippen molar-refractivity contribution in [2.45, 2.75) is 17.4 Å². The number of amides is 2. The van der Waals surface area contributed by atoms with Crippen molar-refractivity contribution >= 4 is 22.6 Å². The molecule has 2 amide bonds. The first-order valence-corrected chi connectivity index (χ1v) is 8.69. The zero-order valence-corrected chi connectivity index (χ0v) is 13.9. The summed E-state index contributed by atoms with van der Waals surface area (Å²) in [5.41, 5.74) is 5.11. The minimum absolute atomic E-state index is 0.0479. The maximum Gasteiger partial charge on any atom is 0.252 e. The molecule has 2 aromatic rings. The molecule has 0 fully saturated rings. The molecule has 0 aliphatic rings. The second kappa shape index (κ2) is 8.48. The fourth-order valence-corrected chi connectivity index (χ4v) is 3.23. The molecule has 0 bridgehead atoms. The van der Waals surface area contributed by atoms with Crippen molar-refractivity contribution in [3.05, 3.63) is 65.7 Å². The van der Waals surface area contributed by atoms with Crippen LogP contribution in [-0.4, -0.2) is 27.8 Å². The summed E-state index contributed by atoms with van der Waals surface area (Å²) < 4.78 is 38.3. The Labute approximate surface area is 145 Å². The maximum atomic E-state index is 13.2. The number of nitrogens with two attached hydrogens (primary N) is 1. The van der Waals surface area contributed by atoms with Gasteiger partial charge in [-0.25, -0.2) is 8.78 Å². The van der Waals surface area contributed by atoms with Gasteiger partial charge in [0.1, 0.15) is 6.04 Å². The van der Waals surface area contributed by atoms with Crippen molar-refractivity contribution in [2.24, 2.45) is 5.73 Å². The molecule has 2 rings (SSSR count). The minimum Gasteiger partial charge on any atom is -0.368 e. The van der Waals surface area contributed by atoms with Crippen molar-refractivity contribution in [2.75, 3.05) is 5.75 Å². The molecule has 3 N–H and O–H groups in total. The molecule has 2 aromatic carbocycles. The SMILES string of the molecule is NC(=O)[C@@H](CC[S@](=O)c1ccccc1)NC(=O)c1ccc(F)c(F)c1. The van der Waals surface area contributed by atoms with Gasteiger partial charge in [0.2, 0.25) is 5.91 Å². The van der Waals surface area contributed by atoms with E-state index in [1.807, 2.05) is 0 Å². The van der Waals surface area contributed by atoms with Gasteiger partial charge in [0, 0.05) is 16.2 Å². The van der Waals surface area contributed by atoms with E-state index in [2.05, 4.69) is 5.32 Å². The molecule has 5 nitrogen and oxygen atoms in total. The van der Waals surface area contributed by atoms with E-state index >= 15 is 0 Å². The quantitative estimate of drug-likeness (QED) is 0.782. The second-order valence-corrected chi connectivity index (χ2v) is 6.78. The van der Waals surface area contributed by atoms with Gasteiger partial charge in [-0.05, 0) is 36.8 Å². The Kier molecular flexibility index (Phi) is 6.35. The normalized spacial score (nSPS) is 13.0. The number of carbonyl (C=O) groups excluding carboxylic acids is 2. The predicted octanol–water partition coefficient (Wildman–Crippen LogP) is 1.75. The molecule has 132 valence electrons. The summed E-state index contributed by atoms with van der Waals surface area (Å²) in [6.45, 7) is 0. The highest BCUT2D eigenvalue weighted by atomic mass is 32.2. The van der Waals surface area contributed by atoms with Crippen molar-refractivity contribution in [3.63, 3.8) is 0 Å². The summed E-state index contributed by atoms with van der Waals surface area (Å²) in [7, 11) is -1.36. The Balaban J connectivity index is 2.00. The molecule has 0 heterocycles. The van der Waals surface area contributed by atoms with Crippen LogP contribution < -0.4 is 11.1 Å². The third kappa shape index (κ3) is 5.18. The van der Waals surface area contributed by atoms with Gasteiger partial charge in [-0.3, -0.25) is 13.8 Å². The van der Waals surface area contributed by atoms with E-state index < -0.39 is 40.3 Å². The lowest BCUT2D eigenvalue weighted by Gasteiger charge is -2.15. The molecule has 0 spiro atoms. The van der Waals surface area contributed by atoms with E-state index in [0.717, 1.165) is 18.2 Å². The largest absolute Gasteiger partial charge is 0.368 e. The number of nitrogens with one attached hydrogen (secondary N) is 1. The zero-order chi connectivity index (χ0) is 18.4. The first kappa shape index (κ1) is 18.7. The van der Waals surface area contributed by atoms with Gasteiger partial charge >= 0.3 is 0 Å². The second-order valence-electron chi connectivity index (χ2n) is 5.21. The van der Waals surface area contributed by atoms with Gasteiger partial charge in [0.25, 0.3) is 5.91 Å². The van der Waals surface area contributed by atoms with E-state index in [-0.39, 0.29) is 17.7 Å². The predicted molar refractivity (Wildman–Crippen MR) is 89.1 cm³/mol. The van der Waals surface area contributed by atoms with Gasteiger partial charge in [0.15, 0.2) is 11.6 Å². The Morgan fingerprint density at radius 3 is 2.36 bits per heavy atom. The highest BCUT2D eigenvalue weighted by Crippen LogP contribution is 2.10. The van der Waals surface area contributed by atoms with Crippen molar-refractivity contribution in [1.82, 2.24) is 5.32 Å². The van der Waals surface area contributed by atoms with Gasteiger partial charge in [-0.2, -0.15) is 0 Å². The molecule has 0 aliphatic carbocycles. The Morgan fingerprint density at radius 1 is 1.08 bits per heavy atom. The minimum atomic E-state index is -1.36. The van der Waals surface area contributed by atoms with Crippen LogP contribution in [0.3, 0.4) is 0 Å². The van der Waals surface area contributed by atoms with Crippen LogP contribution in [0.5, 0.6) is 0 Å². The third-order valence-corrected chi connectivity index (χ3v) is 4.83. The summed E-state index contributed by atoms with van der Waals surface area (Å²) >= 11 is 0. The van der Waals surface area contributed by atoms with Crippen LogP contribution in [0.4, 0.5) is 8.78 Å². The standard InChI is InChI=1S/C17H16F2N2O3S/c18-13-7-6-11(10-14(13)19)17(23)21-15(16(20)22)8-9-25(24)12-4-2-1-3-5-12/h1-7,10,15H,8-9H2,(H2,20,22)(H,21,23)/t15-,25+/m1/s1. The highest BCUT2D eigenvalue weighted by molar-refractivity contribution is 7.85. The number of hydrogen-bond donors (Lipinski definition) is 2. The van der Waals surface area contributed by atoms with Gasteiger partial charge in [0.05, 0.1) is 10.8 Å². The lowest BCUT2D eigenvalue weighted by molar-refractivity contribution is -0.119. The first-order chi connectivity index (χ1) is 11.9. The maximum absolute atomic E-state index is 13.2. The molecule has 0 unspecified atom stereocenters. The molecular weight excluding hydrogens is 350 g/mol. The van der Waals surface area contributed by atoms with Crippen LogP contribution >= 0.6 is 0 Å². The molecular formula is C17H16F2N2O3S. The van der Waals surface area contributed by atoms with Gasteiger partial charge in [-0.1, -0.05) is 18.2 Å². The molecule has 0 saturated carbocycles. The van der Waals surface area contributed by atoms with E-state index in [1.165, 1.54) is 0 Å². The van der Waals surface area contributed by atoms with Crippen LogP contribution in [0.1, 0.15) is 16.8 Å². The lowest BCUT2D eigenvalue weighted by atomic mass is 10.1. The Hall–Kier alpha value is -2.61. The summed E-state index contributed by atoms with van der Waals surface area (Å²) in [5.74, 6) is -3.72. The fourth-order valence-electron chi connectivity index (χ4n) is 2.08. The molecule has 0 saturated heterocycles. The number of hydrogen-bond acceptors (Lipinski definition) is 3. The van der Waals surface area contributed by atoms with Crippen LogP contribution in [0, 0.1) is 11.6 Å². The molecule has 0 radical (unpaired) electrons. The monoisotopic (exact) mass is 366 g/mol. The van der Waals surface area contributed by atoms with Crippen LogP contribution in [0.25, 0.3) is 0 Å². The first-order valence-electron chi connectivity index (χ1n) is 7.37. The number of primary amides is 1. The fraction of sp³-hybridized carbons (Fsp3) is 0.176. The van der Waals surface area contributed by atoms with Crippen LogP contribution in [0.15, 0.2) is 53.4 Å². The summed E-state index contributed by atoms with van der Waals surface area (Å²) in [6, 6.07) is 10.2. The summed E-state index contributed by atoms with van der Waals surface area (Å²) in [4.78, 5) is 24.2. The summed E-state index contributed by atoms with van der Waals surface area (Å²) in [6.07, 6.45) is 0.0479. The average molecular weight is 366 g/mol. The molecule has 25 heavy (non-hydrogen) atoms. The number of rotatable bonds is 7. The number of carbonyl (C=O) groups is 2. The molecule has 0 aliphatic heterocycles. The molecule has 2 atom stereocenters. The lowest BCUT2D eigenvalue weighted by Crippen LogP contribution is -2.45. The van der Waals surface area contributed by atoms with Crippen LogP contribution in [0.2, 0.25) is 0 Å². The Morgan fingerprint density at radius 2 is 1.76 bits per heavy atom. The smallest absolute Gasteiger partial charge is 0.252 e. The van der Waals surface area contributed by atoms with Gasteiger partial charge in [-0.15, -0.1) is 0 Å². The zero-order valence-electron chi connectivity index (χ0n) is 13.1.